The zero-order valence-corrected chi connectivity index (χ0v) is 12.0. The summed E-state index contributed by atoms with van der Waals surface area (Å²) in [6, 6.07) is 12.8. The number of thiazole rings is 1. The molecule has 102 valence electrons. The summed E-state index contributed by atoms with van der Waals surface area (Å²) in [6.07, 6.45) is 0. The van der Waals surface area contributed by atoms with Crippen molar-refractivity contribution in [2.24, 2.45) is 5.73 Å². The smallest absolute Gasteiger partial charge is 0.123 e. The first-order chi connectivity index (χ1) is 9.67. The Morgan fingerprint density at radius 3 is 2.75 bits per heavy atom. The van der Waals surface area contributed by atoms with Gasteiger partial charge in [0.2, 0.25) is 0 Å². The number of hydrogen-bond donors (Lipinski definition) is 1. The van der Waals surface area contributed by atoms with Gasteiger partial charge in [-0.25, -0.2) is 9.37 Å². The molecular weight excluding hydrogens is 271 g/mol. The molecule has 20 heavy (non-hydrogen) atoms. The van der Waals surface area contributed by atoms with Crippen LogP contribution in [0.4, 0.5) is 4.39 Å². The molecule has 0 aliphatic carbocycles. The molecule has 3 aromatic rings. The van der Waals surface area contributed by atoms with Gasteiger partial charge in [0.25, 0.3) is 0 Å². The highest BCUT2D eigenvalue weighted by molar-refractivity contribution is 7.18. The van der Waals surface area contributed by atoms with Gasteiger partial charge in [-0.2, -0.15) is 0 Å². The van der Waals surface area contributed by atoms with E-state index in [0.717, 1.165) is 21.7 Å². The molecule has 0 spiro atoms. The van der Waals surface area contributed by atoms with Gasteiger partial charge in [-0.05, 0) is 42.3 Å². The molecular formula is C16H15FN2S. The fourth-order valence-corrected chi connectivity index (χ4v) is 3.27. The van der Waals surface area contributed by atoms with E-state index >= 15 is 0 Å². The lowest BCUT2D eigenvalue weighted by molar-refractivity contribution is 0.623. The molecule has 1 unspecified atom stereocenters. The third-order valence-electron chi connectivity index (χ3n) is 3.41. The van der Waals surface area contributed by atoms with Gasteiger partial charge >= 0.3 is 0 Å². The lowest BCUT2D eigenvalue weighted by Gasteiger charge is -2.15. The first kappa shape index (κ1) is 13.2. The van der Waals surface area contributed by atoms with Crippen molar-refractivity contribution in [3.05, 3.63) is 64.4 Å². The number of rotatable bonds is 3. The van der Waals surface area contributed by atoms with Crippen LogP contribution in [0.3, 0.4) is 0 Å². The van der Waals surface area contributed by atoms with Crippen LogP contribution >= 0.6 is 11.3 Å². The Kier molecular flexibility index (Phi) is 3.51. The van der Waals surface area contributed by atoms with Gasteiger partial charge < -0.3 is 5.73 Å². The van der Waals surface area contributed by atoms with Gasteiger partial charge in [-0.1, -0.05) is 18.2 Å². The van der Waals surface area contributed by atoms with Gasteiger partial charge in [0, 0.05) is 12.5 Å². The van der Waals surface area contributed by atoms with Crippen molar-refractivity contribution in [2.75, 3.05) is 6.54 Å². The zero-order valence-electron chi connectivity index (χ0n) is 11.1. The second-order valence-electron chi connectivity index (χ2n) is 4.80. The molecule has 2 nitrogen and oxygen atoms in total. The number of aromatic nitrogens is 1. The zero-order chi connectivity index (χ0) is 14.1. The number of halogens is 1. The number of fused-ring (bicyclic) bond motifs is 1. The minimum Gasteiger partial charge on any atom is -0.330 e. The topological polar surface area (TPSA) is 38.9 Å². The molecule has 4 heteroatoms. The highest BCUT2D eigenvalue weighted by Crippen LogP contribution is 2.29. The largest absolute Gasteiger partial charge is 0.330 e. The van der Waals surface area contributed by atoms with E-state index in [0.29, 0.717) is 6.54 Å². The number of aryl methyl sites for hydroxylation is 1. The molecule has 1 aromatic heterocycles. The third kappa shape index (κ3) is 2.44. The van der Waals surface area contributed by atoms with Gasteiger partial charge in [0.15, 0.2) is 0 Å². The van der Waals surface area contributed by atoms with Gasteiger partial charge in [-0.3, -0.25) is 0 Å². The number of nitrogens with two attached hydrogens (primary N) is 1. The first-order valence-electron chi connectivity index (χ1n) is 6.50. The average Bonchev–Trinajstić information content (AvgIpc) is 2.79. The molecule has 1 heterocycles. The van der Waals surface area contributed by atoms with E-state index in [1.54, 1.807) is 23.5 Å². The predicted octanol–water partition coefficient (Wildman–Crippen LogP) is 3.83. The summed E-state index contributed by atoms with van der Waals surface area (Å²) < 4.78 is 14.6. The number of benzene rings is 2. The van der Waals surface area contributed by atoms with Crippen molar-refractivity contribution in [1.82, 2.24) is 4.98 Å². The molecule has 2 aromatic carbocycles. The van der Waals surface area contributed by atoms with E-state index in [2.05, 4.69) is 23.2 Å². The van der Waals surface area contributed by atoms with Crippen molar-refractivity contribution < 1.29 is 4.39 Å². The summed E-state index contributed by atoms with van der Waals surface area (Å²) in [4.78, 5) is 4.51. The van der Waals surface area contributed by atoms with Crippen molar-refractivity contribution in [3.63, 3.8) is 0 Å². The van der Waals surface area contributed by atoms with Crippen LogP contribution in [0.2, 0.25) is 0 Å². The van der Waals surface area contributed by atoms with Crippen LogP contribution in [-0.4, -0.2) is 11.5 Å². The van der Waals surface area contributed by atoms with Crippen LogP contribution in [0, 0.1) is 12.7 Å². The fraction of sp³-hybridized carbons (Fsp3) is 0.188. The Morgan fingerprint density at radius 1 is 1.20 bits per heavy atom. The maximum Gasteiger partial charge on any atom is 0.123 e. The molecule has 3 rings (SSSR count). The Bertz CT molecular complexity index is 751. The van der Waals surface area contributed by atoms with Gasteiger partial charge in [-0.15, -0.1) is 11.3 Å². The van der Waals surface area contributed by atoms with Crippen LogP contribution in [0.15, 0.2) is 42.5 Å². The third-order valence-corrected chi connectivity index (χ3v) is 4.36. The molecule has 0 aliphatic heterocycles. The van der Waals surface area contributed by atoms with E-state index in [1.165, 1.54) is 10.8 Å². The molecule has 0 fully saturated rings. The maximum atomic E-state index is 13.4. The lowest BCUT2D eigenvalue weighted by atomic mass is 9.91. The summed E-state index contributed by atoms with van der Waals surface area (Å²) in [7, 11) is 0. The standard InChI is InChI=1S/C16H15FN2S/c1-10-19-15-8-12(5-6-16(15)20-10)14(9-18)11-3-2-4-13(17)7-11/h2-8,14H,9,18H2,1H3. The Hall–Kier alpha value is -1.78. The molecule has 0 saturated carbocycles. The quantitative estimate of drug-likeness (QED) is 0.794. The highest BCUT2D eigenvalue weighted by Gasteiger charge is 2.14. The summed E-state index contributed by atoms with van der Waals surface area (Å²) >= 11 is 1.68. The summed E-state index contributed by atoms with van der Waals surface area (Å²) in [5.74, 6) is -0.233. The SMILES string of the molecule is Cc1nc2cc(C(CN)c3cccc(F)c3)ccc2s1. The summed E-state index contributed by atoms with van der Waals surface area (Å²) in [5.41, 5.74) is 8.86. The Morgan fingerprint density at radius 2 is 2.00 bits per heavy atom. The van der Waals surface area contributed by atoms with Crippen LogP contribution < -0.4 is 5.73 Å². The normalized spacial score (nSPS) is 12.8. The molecule has 2 N–H and O–H groups in total. The number of nitrogens with zero attached hydrogens (tertiary/aromatic N) is 1. The first-order valence-corrected chi connectivity index (χ1v) is 7.31. The molecule has 0 aliphatic rings. The van der Waals surface area contributed by atoms with Crippen molar-refractivity contribution in [2.45, 2.75) is 12.8 Å². The van der Waals surface area contributed by atoms with E-state index in [4.69, 9.17) is 5.73 Å². The van der Waals surface area contributed by atoms with Crippen molar-refractivity contribution in [1.29, 1.82) is 0 Å². The predicted molar refractivity (Wildman–Crippen MR) is 81.7 cm³/mol. The second-order valence-corrected chi connectivity index (χ2v) is 6.04. The molecule has 0 radical (unpaired) electrons. The van der Waals surface area contributed by atoms with Gasteiger partial charge in [0.1, 0.15) is 5.82 Å². The maximum absolute atomic E-state index is 13.4. The molecule has 0 amide bonds. The highest BCUT2D eigenvalue weighted by atomic mass is 32.1. The van der Waals surface area contributed by atoms with E-state index in [-0.39, 0.29) is 11.7 Å². The summed E-state index contributed by atoms with van der Waals surface area (Å²) in [6.45, 7) is 2.44. The van der Waals surface area contributed by atoms with Crippen LogP contribution in [0.5, 0.6) is 0 Å². The van der Waals surface area contributed by atoms with E-state index < -0.39 is 0 Å². The van der Waals surface area contributed by atoms with Crippen molar-refractivity contribution in [3.8, 4) is 0 Å². The fourth-order valence-electron chi connectivity index (χ4n) is 2.46. The summed E-state index contributed by atoms with van der Waals surface area (Å²) in [5, 5.41) is 1.05. The molecule has 1 atom stereocenters. The van der Waals surface area contributed by atoms with Crippen LogP contribution in [0.25, 0.3) is 10.2 Å². The van der Waals surface area contributed by atoms with Gasteiger partial charge in [0.05, 0.1) is 15.2 Å². The molecule has 0 saturated heterocycles. The van der Waals surface area contributed by atoms with Crippen molar-refractivity contribution >= 4 is 21.6 Å². The average molecular weight is 286 g/mol. The second kappa shape index (κ2) is 5.31. The van der Waals surface area contributed by atoms with E-state index in [1.807, 2.05) is 13.0 Å². The Balaban J connectivity index is 2.06. The molecule has 0 bridgehead atoms. The van der Waals surface area contributed by atoms with Crippen LogP contribution in [-0.2, 0) is 0 Å². The van der Waals surface area contributed by atoms with Crippen LogP contribution in [0.1, 0.15) is 22.1 Å². The number of hydrogen-bond acceptors (Lipinski definition) is 3. The Labute approximate surface area is 121 Å². The minimum atomic E-state index is -0.230. The van der Waals surface area contributed by atoms with E-state index in [9.17, 15) is 4.39 Å². The lowest BCUT2D eigenvalue weighted by Crippen LogP contribution is -2.14. The monoisotopic (exact) mass is 286 g/mol. The minimum absolute atomic E-state index is 0.00268.